The average Bonchev–Trinajstić information content (AvgIpc) is 2.28. The first-order valence-corrected chi connectivity index (χ1v) is 4.95. The number of aromatic nitrogens is 4. The molecule has 5 nitrogen and oxygen atoms in total. The third-order valence-corrected chi connectivity index (χ3v) is 2.22. The van der Waals surface area contributed by atoms with Crippen molar-refractivity contribution in [2.45, 2.75) is 6.92 Å². The van der Waals surface area contributed by atoms with Gasteiger partial charge in [0.2, 0.25) is 5.28 Å². The van der Waals surface area contributed by atoms with Gasteiger partial charge in [-0.15, -0.1) is 0 Å². The van der Waals surface area contributed by atoms with Crippen LogP contribution >= 0.6 is 11.6 Å². The standard InChI is InChI=1S/C10H9ClN4O/c1-6-3-4-12-5-7(6)8-13-9(11)15-10(14-8)16-2/h3-5H,1-2H3. The second-order valence-corrected chi connectivity index (χ2v) is 3.44. The molecule has 16 heavy (non-hydrogen) atoms. The van der Waals surface area contributed by atoms with E-state index in [9.17, 15) is 0 Å². The van der Waals surface area contributed by atoms with Crippen LogP contribution in [0, 0.1) is 6.92 Å². The third-order valence-electron chi connectivity index (χ3n) is 2.05. The molecule has 0 spiro atoms. The lowest BCUT2D eigenvalue weighted by molar-refractivity contribution is 0.379. The predicted octanol–water partition coefficient (Wildman–Crippen LogP) is 1.90. The highest BCUT2D eigenvalue weighted by Gasteiger charge is 2.09. The molecule has 82 valence electrons. The predicted molar refractivity (Wildman–Crippen MR) is 59.4 cm³/mol. The Labute approximate surface area is 97.5 Å². The van der Waals surface area contributed by atoms with Crippen molar-refractivity contribution < 1.29 is 4.74 Å². The normalized spacial score (nSPS) is 10.2. The first-order valence-electron chi connectivity index (χ1n) is 4.57. The smallest absolute Gasteiger partial charge is 0.321 e. The molecule has 2 heterocycles. The zero-order chi connectivity index (χ0) is 11.5. The first-order chi connectivity index (χ1) is 7.70. The fraction of sp³-hybridized carbons (Fsp3) is 0.200. The summed E-state index contributed by atoms with van der Waals surface area (Å²) in [6, 6.07) is 2.07. The van der Waals surface area contributed by atoms with E-state index < -0.39 is 0 Å². The Balaban J connectivity index is 2.56. The van der Waals surface area contributed by atoms with Gasteiger partial charge in [0.1, 0.15) is 0 Å². The number of hydrogen-bond donors (Lipinski definition) is 0. The van der Waals surface area contributed by atoms with Crippen molar-refractivity contribution in [2.75, 3.05) is 7.11 Å². The Kier molecular flexibility index (Phi) is 2.96. The molecule has 0 aromatic carbocycles. The summed E-state index contributed by atoms with van der Waals surface area (Å²) in [6.07, 6.45) is 3.39. The lowest BCUT2D eigenvalue weighted by Gasteiger charge is -2.04. The summed E-state index contributed by atoms with van der Waals surface area (Å²) >= 11 is 5.77. The van der Waals surface area contributed by atoms with E-state index in [0.717, 1.165) is 11.1 Å². The Hall–Kier alpha value is -1.75. The summed E-state index contributed by atoms with van der Waals surface area (Å²) in [6.45, 7) is 1.95. The van der Waals surface area contributed by atoms with Gasteiger partial charge in [-0.25, -0.2) is 0 Å². The topological polar surface area (TPSA) is 60.8 Å². The summed E-state index contributed by atoms with van der Waals surface area (Å²) in [4.78, 5) is 16.0. The van der Waals surface area contributed by atoms with Gasteiger partial charge >= 0.3 is 6.01 Å². The van der Waals surface area contributed by atoms with Crippen LogP contribution < -0.4 is 4.74 Å². The van der Waals surface area contributed by atoms with Crippen molar-refractivity contribution in [1.82, 2.24) is 19.9 Å². The van der Waals surface area contributed by atoms with Gasteiger partial charge in [0.25, 0.3) is 0 Å². The minimum atomic E-state index is 0.102. The Bertz CT molecular complexity index is 518. The number of pyridine rings is 1. The monoisotopic (exact) mass is 236 g/mol. The van der Waals surface area contributed by atoms with Crippen LogP contribution in [0.2, 0.25) is 5.28 Å². The number of aryl methyl sites for hydroxylation is 1. The van der Waals surface area contributed by atoms with Gasteiger partial charge in [-0.05, 0) is 30.2 Å². The van der Waals surface area contributed by atoms with E-state index in [1.165, 1.54) is 7.11 Å². The van der Waals surface area contributed by atoms with Crippen molar-refractivity contribution in [3.63, 3.8) is 0 Å². The van der Waals surface area contributed by atoms with Crippen LogP contribution in [-0.2, 0) is 0 Å². The summed E-state index contributed by atoms with van der Waals surface area (Å²) < 4.78 is 4.93. The molecule has 0 unspecified atom stereocenters. The maximum atomic E-state index is 5.77. The van der Waals surface area contributed by atoms with Gasteiger partial charge in [0.05, 0.1) is 7.11 Å². The summed E-state index contributed by atoms with van der Waals surface area (Å²) in [7, 11) is 1.48. The molecule has 2 aromatic heterocycles. The summed E-state index contributed by atoms with van der Waals surface area (Å²) in [5, 5.41) is 0.102. The van der Waals surface area contributed by atoms with E-state index in [1.54, 1.807) is 12.4 Å². The summed E-state index contributed by atoms with van der Waals surface area (Å²) in [5.74, 6) is 0.461. The number of nitrogens with zero attached hydrogens (tertiary/aromatic N) is 4. The number of hydrogen-bond acceptors (Lipinski definition) is 5. The molecule has 6 heteroatoms. The molecule has 2 aromatic rings. The lowest BCUT2D eigenvalue weighted by Crippen LogP contribution is -1.99. The molecule has 0 aliphatic rings. The first kappa shape index (κ1) is 10.8. The fourth-order valence-corrected chi connectivity index (χ4v) is 1.39. The molecule has 0 saturated heterocycles. The molecule has 0 fully saturated rings. The van der Waals surface area contributed by atoms with Crippen LogP contribution in [0.25, 0.3) is 11.4 Å². The largest absolute Gasteiger partial charge is 0.467 e. The number of rotatable bonds is 2. The molecule has 0 radical (unpaired) electrons. The van der Waals surface area contributed by atoms with Crippen molar-refractivity contribution in [2.24, 2.45) is 0 Å². The highest BCUT2D eigenvalue weighted by molar-refractivity contribution is 6.28. The van der Waals surface area contributed by atoms with Gasteiger partial charge in [-0.1, -0.05) is 0 Å². The van der Waals surface area contributed by atoms with E-state index in [-0.39, 0.29) is 11.3 Å². The molecule has 0 saturated carbocycles. The minimum Gasteiger partial charge on any atom is -0.467 e. The average molecular weight is 237 g/mol. The van der Waals surface area contributed by atoms with Crippen LogP contribution in [0.5, 0.6) is 6.01 Å². The van der Waals surface area contributed by atoms with Crippen LogP contribution in [0.15, 0.2) is 18.5 Å². The highest BCUT2D eigenvalue weighted by Crippen LogP contribution is 2.20. The molecule has 0 amide bonds. The van der Waals surface area contributed by atoms with Gasteiger partial charge in [-0.3, -0.25) is 4.98 Å². The van der Waals surface area contributed by atoms with Crippen molar-refractivity contribution in [3.8, 4) is 17.4 Å². The van der Waals surface area contributed by atoms with Gasteiger partial charge < -0.3 is 4.74 Å². The van der Waals surface area contributed by atoms with E-state index in [0.29, 0.717) is 5.82 Å². The van der Waals surface area contributed by atoms with E-state index >= 15 is 0 Å². The van der Waals surface area contributed by atoms with Gasteiger partial charge in [-0.2, -0.15) is 15.0 Å². The van der Waals surface area contributed by atoms with E-state index in [1.807, 2.05) is 13.0 Å². The van der Waals surface area contributed by atoms with Crippen LogP contribution in [-0.4, -0.2) is 27.0 Å². The SMILES string of the molecule is COc1nc(Cl)nc(-c2cnccc2C)n1. The maximum absolute atomic E-state index is 5.77. The van der Waals surface area contributed by atoms with Crippen molar-refractivity contribution in [3.05, 3.63) is 29.3 Å². The minimum absolute atomic E-state index is 0.102. The zero-order valence-corrected chi connectivity index (χ0v) is 9.56. The van der Waals surface area contributed by atoms with E-state index in [2.05, 4.69) is 19.9 Å². The summed E-state index contributed by atoms with van der Waals surface area (Å²) in [5.41, 5.74) is 1.82. The molecule has 2 rings (SSSR count). The molecule has 0 aliphatic carbocycles. The van der Waals surface area contributed by atoms with Crippen molar-refractivity contribution >= 4 is 11.6 Å². The zero-order valence-electron chi connectivity index (χ0n) is 8.81. The number of ether oxygens (including phenoxy) is 1. The quantitative estimate of drug-likeness (QED) is 0.797. The Morgan fingerprint density at radius 2 is 2.06 bits per heavy atom. The van der Waals surface area contributed by atoms with Gasteiger partial charge in [0, 0.05) is 18.0 Å². The molecule has 0 atom stereocenters. The molecule has 0 bridgehead atoms. The maximum Gasteiger partial charge on any atom is 0.321 e. The van der Waals surface area contributed by atoms with Gasteiger partial charge in [0.15, 0.2) is 5.82 Å². The molecule has 0 aliphatic heterocycles. The number of halogens is 1. The molecular weight excluding hydrogens is 228 g/mol. The molecular formula is C10H9ClN4O. The van der Waals surface area contributed by atoms with Crippen LogP contribution in [0.1, 0.15) is 5.56 Å². The molecule has 0 N–H and O–H groups in total. The Morgan fingerprint density at radius 1 is 1.25 bits per heavy atom. The Morgan fingerprint density at radius 3 is 2.75 bits per heavy atom. The van der Waals surface area contributed by atoms with E-state index in [4.69, 9.17) is 16.3 Å². The van der Waals surface area contributed by atoms with Crippen LogP contribution in [0.4, 0.5) is 0 Å². The van der Waals surface area contributed by atoms with Crippen molar-refractivity contribution in [1.29, 1.82) is 0 Å². The van der Waals surface area contributed by atoms with Crippen LogP contribution in [0.3, 0.4) is 0 Å². The third kappa shape index (κ3) is 2.09. The second kappa shape index (κ2) is 4.40. The second-order valence-electron chi connectivity index (χ2n) is 3.11. The lowest BCUT2D eigenvalue weighted by atomic mass is 10.1. The highest BCUT2D eigenvalue weighted by atomic mass is 35.5. The fourth-order valence-electron chi connectivity index (χ4n) is 1.24. The number of methoxy groups -OCH3 is 1.